The van der Waals surface area contributed by atoms with E-state index >= 15 is 0 Å². The first kappa shape index (κ1) is 33.2. The van der Waals surface area contributed by atoms with Crippen molar-refractivity contribution in [3.63, 3.8) is 0 Å². The first-order chi connectivity index (χ1) is 26.9. The summed E-state index contributed by atoms with van der Waals surface area (Å²) < 4.78 is 0. The second kappa shape index (κ2) is 12.9. The van der Waals surface area contributed by atoms with Gasteiger partial charge in [-0.25, -0.2) is 0 Å². The maximum atomic E-state index is 2.41. The summed E-state index contributed by atoms with van der Waals surface area (Å²) in [7, 11) is 2.19. The Labute approximate surface area is 325 Å². The van der Waals surface area contributed by atoms with E-state index in [9.17, 15) is 0 Å². The van der Waals surface area contributed by atoms with E-state index in [0.29, 0.717) is 0 Å². The fourth-order valence-corrected chi connectivity index (χ4v) is 9.70. The van der Waals surface area contributed by atoms with Gasteiger partial charge < -0.3 is 4.90 Å². The Balaban J connectivity index is 1.02. The van der Waals surface area contributed by atoms with Crippen molar-refractivity contribution in [3.8, 4) is 33.4 Å². The van der Waals surface area contributed by atoms with Crippen molar-refractivity contribution in [2.45, 2.75) is 31.1 Å². The molecule has 0 unspecified atom stereocenters. The second-order valence-electron chi connectivity index (χ2n) is 15.7. The summed E-state index contributed by atoms with van der Waals surface area (Å²) in [4.78, 5) is 2.32. The molecule has 0 saturated carbocycles. The van der Waals surface area contributed by atoms with Crippen molar-refractivity contribution < 1.29 is 0 Å². The molecular formula is C54H43N. The van der Waals surface area contributed by atoms with Gasteiger partial charge in [-0.1, -0.05) is 178 Å². The van der Waals surface area contributed by atoms with Gasteiger partial charge in [-0.2, -0.15) is 0 Å². The molecule has 0 aliphatic heterocycles. The summed E-state index contributed by atoms with van der Waals surface area (Å²) in [5.74, 6) is 0. The van der Waals surface area contributed by atoms with E-state index in [1.54, 1.807) is 0 Å². The van der Waals surface area contributed by atoms with Crippen LogP contribution in [0.25, 0.3) is 33.4 Å². The quantitative estimate of drug-likeness (QED) is 0.166. The van der Waals surface area contributed by atoms with Crippen molar-refractivity contribution in [2.75, 3.05) is 11.9 Å². The Morgan fingerprint density at radius 3 is 1.64 bits per heavy atom. The van der Waals surface area contributed by atoms with Crippen LogP contribution in [0.4, 0.5) is 11.4 Å². The van der Waals surface area contributed by atoms with E-state index in [-0.39, 0.29) is 5.41 Å². The fourth-order valence-electron chi connectivity index (χ4n) is 9.70. The molecule has 0 aromatic heterocycles. The summed E-state index contributed by atoms with van der Waals surface area (Å²) in [5, 5.41) is 0. The van der Waals surface area contributed by atoms with Gasteiger partial charge >= 0.3 is 0 Å². The van der Waals surface area contributed by atoms with Crippen LogP contribution in [0.15, 0.2) is 194 Å². The molecule has 0 bridgehead atoms. The topological polar surface area (TPSA) is 3.24 Å². The van der Waals surface area contributed by atoms with Gasteiger partial charge in [0.1, 0.15) is 0 Å². The molecule has 0 fully saturated rings. The van der Waals surface area contributed by atoms with Gasteiger partial charge in [0.15, 0.2) is 0 Å². The molecule has 2 aliphatic rings. The Hall–Kier alpha value is -6.44. The van der Waals surface area contributed by atoms with E-state index in [2.05, 4.69) is 220 Å². The van der Waals surface area contributed by atoms with Gasteiger partial charge in [0.05, 0.1) is 5.41 Å². The third-order valence-electron chi connectivity index (χ3n) is 12.5. The van der Waals surface area contributed by atoms with Crippen LogP contribution in [0.3, 0.4) is 0 Å². The smallest absolute Gasteiger partial charge is 0.0707 e. The molecule has 10 rings (SSSR count). The number of anilines is 2. The van der Waals surface area contributed by atoms with Gasteiger partial charge in [-0.15, -0.1) is 0 Å². The highest BCUT2D eigenvalue weighted by Crippen LogP contribution is 2.53. The number of rotatable bonds is 6. The fraction of sp³-hybridized carbons (Fsp3) is 0.111. The summed E-state index contributed by atoms with van der Waals surface area (Å²) >= 11 is 0. The van der Waals surface area contributed by atoms with Crippen LogP contribution in [0.5, 0.6) is 0 Å². The zero-order valence-electron chi connectivity index (χ0n) is 31.6. The normalized spacial score (nSPS) is 14.3. The predicted molar refractivity (Wildman–Crippen MR) is 230 cm³/mol. The van der Waals surface area contributed by atoms with Crippen LogP contribution in [-0.4, -0.2) is 7.05 Å². The lowest BCUT2D eigenvalue weighted by molar-refractivity contribution is 0.660. The van der Waals surface area contributed by atoms with E-state index in [1.807, 2.05) is 0 Å². The SMILES string of the molecule is CN(c1ccc(-c2cccc3c2Cc2ccccc2C3(c2ccccc2)c2ccccc2)cc1)c1ccc2c(c1)C(C)(C)c1cc(-c3ccccc3)ccc1-2. The predicted octanol–water partition coefficient (Wildman–Crippen LogP) is 13.4. The van der Waals surface area contributed by atoms with Gasteiger partial charge in [-0.3, -0.25) is 0 Å². The molecule has 0 amide bonds. The average molecular weight is 706 g/mol. The summed E-state index contributed by atoms with van der Waals surface area (Å²) in [6, 6.07) is 72.1. The van der Waals surface area contributed by atoms with Gasteiger partial charge in [0.2, 0.25) is 0 Å². The minimum Gasteiger partial charge on any atom is -0.345 e. The molecule has 8 aromatic rings. The van der Waals surface area contributed by atoms with Gasteiger partial charge in [0.25, 0.3) is 0 Å². The minimum absolute atomic E-state index is 0.101. The van der Waals surface area contributed by atoms with E-state index in [0.717, 1.165) is 6.42 Å². The minimum atomic E-state index is -0.424. The van der Waals surface area contributed by atoms with Crippen molar-refractivity contribution in [2.24, 2.45) is 0 Å². The van der Waals surface area contributed by atoms with Crippen LogP contribution in [0.2, 0.25) is 0 Å². The molecule has 8 aromatic carbocycles. The van der Waals surface area contributed by atoms with Crippen molar-refractivity contribution >= 4 is 11.4 Å². The molecule has 0 atom stereocenters. The highest BCUT2D eigenvalue weighted by atomic mass is 15.1. The van der Waals surface area contributed by atoms with Gasteiger partial charge in [0, 0.05) is 23.8 Å². The monoisotopic (exact) mass is 705 g/mol. The first-order valence-corrected chi connectivity index (χ1v) is 19.5. The number of hydrogen-bond donors (Lipinski definition) is 0. The Morgan fingerprint density at radius 1 is 0.400 bits per heavy atom. The number of hydrogen-bond acceptors (Lipinski definition) is 1. The highest BCUT2D eigenvalue weighted by Gasteiger charge is 2.44. The summed E-state index contributed by atoms with van der Waals surface area (Å²) in [6.07, 6.45) is 0.894. The highest BCUT2D eigenvalue weighted by molar-refractivity contribution is 5.86. The lowest BCUT2D eigenvalue weighted by Gasteiger charge is -2.43. The third-order valence-corrected chi connectivity index (χ3v) is 12.5. The molecule has 0 radical (unpaired) electrons. The second-order valence-corrected chi connectivity index (χ2v) is 15.7. The molecule has 55 heavy (non-hydrogen) atoms. The van der Waals surface area contributed by atoms with Crippen LogP contribution in [-0.2, 0) is 17.3 Å². The van der Waals surface area contributed by atoms with E-state index in [1.165, 1.54) is 89.3 Å². The van der Waals surface area contributed by atoms with Crippen LogP contribution in [0, 0.1) is 0 Å². The van der Waals surface area contributed by atoms with Crippen LogP contribution < -0.4 is 4.90 Å². The molecule has 1 heteroatoms. The molecule has 2 aliphatic carbocycles. The van der Waals surface area contributed by atoms with E-state index in [4.69, 9.17) is 0 Å². The van der Waals surface area contributed by atoms with Gasteiger partial charge in [-0.05, 0) is 115 Å². The molecule has 0 spiro atoms. The Kier molecular flexibility index (Phi) is 7.75. The molecule has 0 saturated heterocycles. The molecular weight excluding hydrogens is 663 g/mol. The van der Waals surface area contributed by atoms with E-state index < -0.39 is 5.41 Å². The zero-order chi connectivity index (χ0) is 37.1. The van der Waals surface area contributed by atoms with Crippen LogP contribution >= 0.6 is 0 Å². The molecule has 1 nitrogen and oxygen atoms in total. The third kappa shape index (κ3) is 5.14. The average Bonchev–Trinajstić information content (AvgIpc) is 3.48. The zero-order valence-corrected chi connectivity index (χ0v) is 31.6. The molecule has 0 N–H and O–H groups in total. The Bertz CT molecular complexity index is 2650. The largest absolute Gasteiger partial charge is 0.345 e. The lowest BCUT2D eigenvalue weighted by Crippen LogP contribution is -2.36. The maximum Gasteiger partial charge on any atom is 0.0707 e. The van der Waals surface area contributed by atoms with Crippen molar-refractivity contribution in [1.82, 2.24) is 0 Å². The van der Waals surface area contributed by atoms with Crippen molar-refractivity contribution in [3.05, 3.63) is 239 Å². The summed E-state index contributed by atoms with van der Waals surface area (Å²) in [5.41, 5.74) is 20.4. The first-order valence-electron chi connectivity index (χ1n) is 19.5. The summed E-state index contributed by atoms with van der Waals surface area (Å²) in [6.45, 7) is 4.74. The number of fused-ring (bicyclic) bond motifs is 5. The standard InChI is InChI=1S/C54H43N/c1-53(2)51-35-39(37-16-7-4-8-17-37)28-32-46(51)47-33-31-44(36-52(47)53)55(3)43-29-26-38(27-30-43)45-23-15-25-50-48(45)34-40-18-13-14-24-49(40)54(50,41-19-9-5-10-20-41)42-21-11-6-12-22-42/h4-33,35-36H,34H2,1-3H3. The molecule has 264 valence electrons. The lowest BCUT2D eigenvalue weighted by atomic mass is 9.59. The van der Waals surface area contributed by atoms with Crippen molar-refractivity contribution in [1.29, 1.82) is 0 Å². The molecule has 0 heterocycles. The van der Waals surface area contributed by atoms with Crippen LogP contribution in [0.1, 0.15) is 58.4 Å². The number of nitrogens with zero attached hydrogens (tertiary/aromatic N) is 1. The Morgan fingerprint density at radius 2 is 0.945 bits per heavy atom. The maximum absolute atomic E-state index is 2.41. The number of benzene rings is 8.